The minimum Gasteiger partial charge on any atom is -0.419 e. The number of rotatable bonds is 7. The zero-order valence-electron chi connectivity index (χ0n) is 16.9. The fraction of sp³-hybridized carbons (Fsp3) is 0.125. The van der Waals surface area contributed by atoms with Crippen molar-refractivity contribution >= 4 is 31.7 Å². The van der Waals surface area contributed by atoms with Crippen LogP contribution in [-0.2, 0) is 16.3 Å². The van der Waals surface area contributed by atoms with Crippen LogP contribution in [0.4, 0.5) is 5.88 Å². The summed E-state index contributed by atoms with van der Waals surface area (Å²) in [7, 11) is -3.87. The smallest absolute Gasteiger partial charge is 0.233 e. The van der Waals surface area contributed by atoms with Gasteiger partial charge in [-0.25, -0.2) is 8.42 Å². The van der Waals surface area contributed by atoms with Gasteiger partial charge in [-0.05, 0) is 55.3 Å². The SMILES string of the molecule is Cc1cccc(-c2nc(S(=O)(=O)c3ccc(Br)cc3)c(NCCc3ccccc3)o2)c1. The van der Waals surface area contributed by atoms with E-state index in [1.807, 2.05) is 61.5 Å². The first-order valence-corrected chi connectivity index (χ1v) is 12.1. The molecule has 0 atom stereocenters. The van der Waals surface area contributed by atoms with Crippen molar-refractivity contribution in [3.8, 4) is 11.5 Å². The van der Waals surface area contributed by atoms with E-state index in [1.165, 1.54) is 0 Å². The number of nitrogens with one attached hydrogen (secondary N) is 1. The van der Waals surface area contributed by atoms with Gasteiger partial charge in [0, 0.05) is 16.6 Å². The number of sulfone groups is 1. The average molecular weight is 497 g/mol. The Bertz CT molecular complexity index is 1280. The van der Waals surface area contributed by atoms with Gasteiger partial charge in [-0.3, -0.25) is 0 Å². The van der Waals surface area contributed by atoms with E-state index in [-0.39, 0.29) is 21.7 Å². The van der Waals surface area contributed by atoms with Crippen molar-refractivity contribution in [3.05, 3.63) is 94.5 Å². The molecule has 4 rings (SSSR count). The van der Waals surface area contributed by atoms with Gasteiger partial charge in [0.2, 0.25) is 26.6 Å². The summed E-state index contributed by atoms with van der Waals surface area (Å²) >= 11 is 3.34. The molecule has 158 valence electrons. The summed E-state index contributed by atoms with van der Waals surface area (Å²) in [4.78, 5) is 4.55. The molecule has 0 unspecified atom stereocenters. The average Bonchev–Trinajstić information content (AvgIpc) is 3.20. The van der Waals surface area contributed by atoms with Crippen molar-refractivity contribution in [2.24, 2.45) is 0 Å². The molecule has 0 saturated heterocycles. The van der Waals surface area contributed by atoms with Gasteiger partial charge in [-0.15, -0.1) is 0 Å². The number of nitrogens with zero attached hydrogens (tertiary/aromatic N) is 1. The fourth-order valence-corrected chi connectivity index (χ4v) is 4.73. The molecule has 5 nitrogen and oxygen atoms in total. The Kier molecular flexibility index (Phi) is 6.25. The molecular weight excluding hydrogens is 476 g/mol. The lowest BCUT2D eigenvalue weighted by Crippen LogP contribution is -2.09. The van der Waals surface area contributed by atoms with E-state index in [1.54, 1.807) is 24.3 Å². The van der Waals surface area contributed by atoms with Crippen LogP contribution in [0.3, 0.4) is 0 Å². The van der Waals surface area contributed by atoms with Crippen LogP contribution in [0.15, 0.2) is 97.7 Å². The summed E-state index contributed by atoms with van der Waals surface area (Å²) in [5.41, 5.74) is 2.90. The van der Waals surface area contributed by atoms with Crippen LogP contribution in [-0.4, -0.2) is 19.9 Å². The maximum Gasteiger partial charge on any atom is 0.233 e. The van der Waals surface area contributed by atoms with Crippen molar-refractivity contribution in [1.82, 2.24) is 4.98 Å². The first-order valence-electron chi connectivity index (χ1n) is 9.80. The molecule has 1 aromatic heterocycles. The van der Waals surface area contributed by atoms with E-state index in [9.17, 15) is 8.42 Å². The van der Waals surface area contributed by atoms with Crippen LogP contribution >= 0.6 is 15.9 Å². The standard InChI is InChI=1S/C24H21BrN2O3S/c1-17-6-5-9-19(16-17)22-27-24(31(28,29)21-12-10-20(25)11-13-21)23(30-22)26-15-14-18-7-3-2-4-8-18/h2-13,16,26H,14-15H2,1H3. The Labute approximate surface area is 190 Å². The zero-order valence-corrected chi connectivity index (χ0v) is 19.3. The summed E-state index contributed by atoms with van der Waals surface area (Å²) < 4.78 is 33.4. The third kappa shape index (κ3) is 4.89. The molecule has 7 heteroatoms. The molecule has 0 aliphatic carbocycles. The maximum atomic E-state index is 13.3. The summed E-state index contributed by atoms with van der Waals surface area (Å²) in [6.45, 7) is 2.47. The molecule has 1 heterocycles. The maximum absolute atomic E-state index is 13.3. The van der Waals surface area contributed by atoms with Gasteiger partial charge in [-0.2, -0.15) is 4.98 Å². The Morgan fingerprint density at radius 1 is 0.968 bits per heavy atom. The molecule has 0 aliphatic heterocycles. The molecule has 0 fully saturated rings. The van der Waals surface area contributed by atoms with Crippen LogP contribution in [0.2, 0.25) is 0 Å². The summed E-state index contributed by atoms with van der Waals surface area (Å²) in [5.74, 6) is 0.414. The Morgan fingerprint density at radius 2 is 1.71 bits per heavy atom. The van der Waals surface area contributed by atoms with Gasteiger partial charge in [0.1, 0.15) is 0 Å². The van der Waals surface area contributed by atoms with Gasteiger partial charge >= 0.3 is 0 Å². The summed E-state index contributed by atoms with van der Waals surface area (Å²) in [6, 6.07) is 24.1. The second-order valence-electron chi connectivity index (χ2n) is 7.14. The monoisotopic (exact) mass is 496 g/mol. The van der Waals surface area contributed by atoms with E-state index in [0.717, 1.165) is 27.6 Å². The van der Waals surface area contributed by atoms with Gasteiger partial charge in [0.15, 0.2) is 0 Å². The highest BCUT2D eigenvalue weighted by Crippen LogP contribution is 2.33. The quantitative estimate of drug-likeness (QED) is 0.344. The molecule has 31 heavy (non-hydrogen) atoms. The predicted molar refractivity (Wildman–Crippen MR) is 125 cm³/mol. The number of benzene rings is 3. The number of aryl methyl sites for hydroxylation is 1. The molecule has 0 aliphatic rings. The van der Waals surface area contributed by atoms with E-state index in [4.69, 9.17) is 4.42 Å². The lowest BCUT2D eigenvalue weighted by molar-refractivity contribution is 0.577. The fourth-order valence-electron chi connectivity index (χ4n) is 3.19. The summed E-state index contributed by atoms with van der Waals surface area (Å²) in [6.07, 6.45) is 0.721. The Balaban J connectivity index is 1.70. The van der Waals surface area contributed by atoms with Crippen LogP contribution < -0.4 is 5.32 Å². The van der Waals surface area contributed by atoms with Crippen LogP contribution in [0.1, 0.15) is 11.1 Å². The molecule has 4 aromatic rings. The second-order valence-corrected chi connectivity index (χ2v) is 9.92. The first-order chi connectivity index (χ1) is 14.9. The highest BCUT2D eigenvalue weighted by atomic mass is 79.9. The van der Waals surface area contributed by atoms with Crippen molar-refractivity contribution in [2.75, 3.05) is 11.9 Å². The number of hydrogen-bond acceptors (Lipinski definition) is 5. The lowest BCUT2D eigenvalue weighted by atomic mass is 10.1. The molecule has 0 bridgehead atoms. The van der Waals surface area contributed by atoms with Crippen LogP contribution in [0.5, 0.6) is 0 Å². The minimum atomic E-state index is -3.87. The number of halogens is 1. The summed E-state index contributed by atoms with van der Waals surface area (Å²) in [5, 5.41) is 3.02. The highest BCUT2D eigenvalue weighted by Gasteiger charge is 2.28. The number of hydrogen-bond donors (Lipinski definition) is 1. The van der Waals surface area contributed by atoms with Gasteiger partial charge < -0.3 is 9.73 Å². The lowest BCUT2D eigenvalue weighted by Gasteiger charge is -2.06. The third-order valence-corrected chi connectivity index (χ3v) is 6.99. The van der Waals surface area contributed by atoms with Gasteiger partial charge in [-0.1, -0.05) is 64.0 Å². The van der Waals surface area contributed by atoms with Crippen molar-refractivity contribution < 1.29 is 12.8 Å². The van der Waals surface area contributed by atoms with E-state index < -0.39 is 9.84 Å². The van der Waals surface area contributed by atoms with Crippen LogP contribution in [0, 0.1) is 6.92 Å². The van der Waals surface area contributed by atoms with Crippen molar-refractivity contribution in [3.63, 3.8) is 0 Å². The number of oxazole rings is 1. The number of anilines is 1. The molecule has 0 spiro atoms. The molecule has 0 radical (unpaired) electrons. The first kappa shape index (κ1) is 21.3. The minimum absolute atomic E-state index is 0.112. The predicted octanol–water partition coefficient (Wildman–Crippen LogP) is 5.90. The van der Waals surface area contributed by atoms with E-state index >= 15 is 0 Å². The molecule has 0 saturated carbocycles. The number of aromatic nitrogens is 1. The Hall–Kier alpha value is -2.90. The van der Waals surface area contributed by atoms with E-state index in [2.05, 4.69) is 26.2 Å². The van der Waals surface area contributed by atoms with Gasteiger partial charge in [0.05, 0.1) is 4.90 Å². The van der Waals surface area contributed by atoms with Gasteiger partial charge in [0.25, 0.3) is 0 Å². The van der Waals surface area contributed by atoms with Crippen molar-refractivity contribution in [2.45, 2.75) is 23.3 Å². The van der Waals surface area contributed by atoms with Crippen LogP contribution in [0.25, 0.3) is 11.5 Å². The third-order valence-electron chi connectivity index (χ3n) is 4.78. The second kappa shape index (κ2) is 9.08. The largest absolute Gasteiger partial charge is 0.419 e. The zero-order chi connectivity index (χ0) is 21.8. The Morgan fingerprint density at radius 3 is 2.42 bits per heavy atom. The molecular formula is C24H21BrN2O3S. The molecule has 3 aromatic carbocycles. The van der Waals surface area contributed by atoms with Crippen molar-refractivity contribution in [1.29, 1.82) is 0 Å². The molecule has 0 amide bonds. The normalized spacial score (nSPS) is 11.4. The topological polar surface area (TPSA) is 72.2 Å². The molecule has 1 N–H and O–H groups in total. The van der Waals surface area contributed by atoms with E-state index in [0.29, 0.717) is 6.54 Å². The highest BCUT2D eigenvalue weighted by molar-refractivity contribution is 9.10.